The fraction of sp³-hybridized carbons (Fsp3) is 0.355. The van der Waals surface area contributed by atoms with Crippen molar-refractivity contribution in [3.05, 3.63) is 82.3 Å². The summed E-state index contributed by atoms with van der Waals surface area (Å²) in [6, 6.07) is 19.1. The van der Waals surface area contributed by atoms with Gasteiger partial charge < -0.3 is 34.3 Å². The van der Waals surface area contributed by atoms with Gasteiger partial charge in [-0.2, -0.15) is 0 Å². The summed E-state index contributed by atoms with van der Waals surface area (Å²) >= 11 is 12.1. The number of rotatable bonds is 17. The molecular weight excluding hydrogens is 583 g/mol. The van der Waals surface area contributed by atoms with Crippen molar-refractivity contribution in [2.75, 3.05) is 45.3 Å². The first-order valence-electron chi connectivity index (χ1n) is 13.6. The highest BCUT2D eigenvalue weighted by Gasteiger charge is 2.18. The molecule has 0 aromatic heterocycles. The van der Waals surface area contributed by atoms with E-state index in [-0.39, 0.29) is 19.1 Å². The molecule has 0 aliphatic rings. The summed E-state index contributed by atoms with van der Waals surface area (Å²) in [5.74, 6) is 0.768. The van der Waals surface area contributed by atoms with E-state index in [0.29, 0.717) is 72.1 Å². The van der Waals surface area contributed by atoms with Gasteiger partial charge in [-0.15, -0.1) is 0 Å². The van der Waals surface area contributed by atoms with Crippen molar-refractivity contribution in [3.8, 4) is 17.2 Å². The van der Waals surface area contributed by atoms with Crippen molar-refractivity contribution in [2.45, 2.75) is 32.3 Å². The number of unbranched alkanes of at least 4 members (excludes halogenated alkanes) is 1. The Morgan fingerprint density at radius 1 is 0.905 bits per heavy atom. The molecule has 9 nitrogen and oxygen atoms in total. The van der Waals surface area contributed by atoms with Crippen LogP contribution in [-0.4, -0.2) is 68.1 Å². The third-order valence-electron chi connectivity index (χ3n) is 6.18. The van der Waals surface area contributed by atoms with Crippen molar-refractivity contribution < 1.29 is 33.6 Å². The highest BCUT2D eigenvalue weighted by Crippen LogP contribution is 2.25. The smallest absolute Gasteiger partial charge is 0.333 e. The largest absolute Gasteiger partial charge is 0.495 e. The van der Waals surface area contributed by atoms with Gasteiger partial charge in [0.2, 0.25) is 0 Å². The molecule has 0 saturated heterocycles. The van der Waals surface area contributed by atoms with Crippen molar-refractivity contribution in [3.63, 3.8) is 0 Å². The van der Waals surface area contributed by atoms with Crippen LogP contribution in [0.1, 0.15) is 25.3 Å². The van der Waals surface area contributed by atoms with Crippen LogP contribution in [0, 0.1) is 0 Å². The number of nitrogens with zero attached hydrogens (tertiary/aromatic N) is 1. The second-order valence-corrected chi connectivity index (χ2v) is 10.1. The second kappa shape index (κ2) is 17.3. The molecule has 11 heteroatoms. The highest BCUT2D eigenvalue weighted by molar-refractivity contribution is 6.34. The van der Waals surface area contributed by atoms with Gasteiger partial charge in [-0.3, -0.25) is 0 Å². The number of halogens is 2. The van der Waals surface area contributed by atoms with Gasteiger partial charge in [-0.1, -0.05) is 47.5 Å². The number of methoxy groups -OCH3 is 1. The summed E-state index contributed by atoms with van der Waals surface area (Å²) in [6.07, 6.45) is 0.747. The highest BCUT2D eigenvalue weighted by atomic mass is 35.5. The lowest BCUT2D eigenvalue weighted by molar-refractivity contribution is -0.149. The summed E-state index contributed by atoms with van der Waals surface area (Å²) < 4.78 is 22.3. The number of amides is 2. The number of benzene rings is 3. The molecule has 0 heterocycles. The van der Waals surface area contributed by atoms with E-state index in [0.717, 1.165) is 5.56 Å². The SMILES string of the molecule is CCOC(Cc1ccc(OCCN(CCCCOc2cc(Cl)cc(Cl)c2)C(=O)Nc2ccccc2OC)cc1)C(=O)O. The molecule has 226 valence electrons. The van der Waals surface area contributed by atoms with Crippen LogP contribution in [-0.2, 0) is 16.0 Å². The van der Waals surface area contributed by atoms with Gasteiger partial charge in [-0.05, 0) is 67.8 Å². The zero-order valence-corrected chi connectivity index (χ0v) is 25.2. The lowest BCUT2D eigenvalue weighted by Gasteiger charge is -2.24. The fourth-order valence-electron chi connectivity index (χ4n) is 4.09. The van der Waals surface area contributed by atoms with Crippen LogP contribution in [0.5, 0.6) is 17.2 Å². The van der Waals surface area contributed by atoms with Crippen molar-refractivity contribution in [1.82, 2.24) is 4.90 Å². The van der Waals surface area contributed by atoms with Crippen molar-refractivity contribution >= 4 is 40.9 Å². The van der Waals surface area contributed by atoms with E-state index in [1.807, 2.05) is 24.3 Å². The van der Waals surface area contributed by atoms with E-state index in [4.69, 9.17) is 42.1 Å². The Labute approximate surface area is 256 Å². The summed E-state index contributed by atoms with van der Waals surface area (Å²) in [4.78, 5) is 26.3. The van der Waals surface area contributed by atoms with Gasteiger partial charge in [0, 0.05) is 29.6 Å². The summed E-state index contributed by atoms with van der Waals surface area (Å²) in [5.41, 5.74) is 1.39. The Bertz CT molecular complexity index is 1270. The van der Waals surface area contributed by atoms with Gasteiger partial charge in [0.25, 0.3) is 0 Å². The number of para-hydroxylation sites is 2. The van der Waals surface area contributed by atoms with E-state index in [1.165, 1.54) is 0 Å². The minimum absolute atomic E-state index is 0.257. The maximum absolute atomic E-state index is 13.2. The number of hydrogen-bond acceptors (Lipinski definition) is 6. The number of carbonyl (C=O) groups excluding carboxylic acids is 1. The molecule has 1 atom stereocenters. The number of carboxylic acid groups (broad SMARTS) is 1. The van der Waals surface area contributed by atoms with Crippen LogP contribution in [0.3, 0.4) is 0 Å². The third kappa shape index (κ3) is 11.0. The van der Waals surface area contributed by atoms with E-state index in [1.54, 1.807) is 61.4 Å². The molecule has 3 rings (SSSR count). The number of anilines is 1. The molecule has 2 amide bonds. The number of urea groups is 1. The lowest BCUT2D eigenvalue weighted by atomic mass is 10.1. The number of aliphatic carboxylic acids is 1. The maximum atomic E-state index is 13.2. The Balaban J connectivity index is 1.55. The molecule has 3 aromatic rings. The van der Waals surface area contributed by atoms with Crippen LogP contribution >= 0.6 is 23.2 Å². The van der Waals surface area contributed by atoms with E-state index < -0.39 is 12.1 Å². The molecule has 2 N–H and O–H groups in total. The number of carboxylic acids is 1. The minimum atomic E-state index is -0.996. The topological polar surface area (TPSA) is 107 Å². The maximum Gasteiger partial charge on any atom is 0.333 e. The van der Waals surface area contributed by atoms with E-state index in [9.17, 15) is 14.7 Å². The van der Waals surface area contributed by atoms with Crippen LogP contribution < -0.4 is 19.5 Å². The predicted octanol–water partition coefficient (Wildman–Crippen LogP) is 6.81. The molecule has 0 radical (unpaired) electrons. The van der Waals surface area contributed by atoms with Crippen molar-refractivity contribution in [1.29, 1.82) is 0 Å². The average molecular weight is 620 g/mol. The molecule has 0 saturated carbocycles. The molecular formula is C31H36Cl2N2O7. The quantitative estimate of drug-likeness (QED) is 0.160. The Kier molecular flexibility index (Phi) is 13.6. The van der Waals surface area contributed by atoms with Crippen LogP contribution in [0.15, 0.2) is 66.7 Å². The van der Waals surface area contributed by atoms with E-state index >= 15 is 0 Å². The molecule has 0 aliphatic carbocycles. The van der Waals surface area contributed by atoms with Gasteiger partial charge in [-0.25, -0.2) is 9.59 Å². The van der Waals surface area contributed by atoms with Gasteiger partial charge in [0.1, 0.15) is 23.9 Å². The Hall–Kier alpha value is -3.66. The van der Waals surface area contributed by atoms with Crippen LogP contribution in [0.2, 0.25) is 10.0 Å². The molecule has 1 unspecified atom stereocenters. The monoisotopic (exact) mass is 618 g/mol. The second-order valence-electron chi connectivity index (χ2n) is 9.26. The van der Waals surface area contributed by atoms with Crippen molar-refractivity contribution in [2.24, 2.45) is 0 Å². The Morgan fingerprint density at radius 2 is 1.60 bits per heavy atom. The molecule has 0 aliphatic heterocycles. The van der Waals surface area contributed by atoms with E-state index in [2.05, 4.69) is 5.32 Å². The zero-order valence-electron chi connectivity index (χ0n) is 23.7. The van der Waals surface area contributed by atoms with Gasteiger partial charge >= 0.3 is 12.0 Å². The first-order valence-corrected chi connectivity index (χ1v) is 14.4. The summed E-state index contributed by atoms with van der Waals surface area (Å²) in [7, 11) is 1.55. The standard InChI is InChI=1S/C31H36Cl2N2O7/c1-3-40-29(30(36)37)18-22-10-12-25(13-11-22)42-17-15-35(31(38)34-27-8-4-5-9-28(27)39-2)14-6-7-16-41-26-20-23(32)19-24(33)21-26/h4-5,8-13,19-21,29H,3,6-7,14-18H2,1-2H3,(H,34,38)(H,36,37). The predicted molar refractivity (Wildman–Crippen MR) is 163 cm³/mol. The molecule has 42 heavy (non-hydrogen) atoms. The minimum Gasteiger partial charge on any atom is -0.495 e. The molecule has 0 fully saturated rings. The summed E-state index contributed by atoms with van der Waals surface area (Å²) in [5, 5.41) is 13.2. The first-order chi connectivity index (χ1) is 20.3. The Morgan fingerprint density at radius 3 is 2.26 bits per heavy atom. The van der Waals surface area contributed by atoms with Crippen LogP contribution in [0.4, 0.5) is 10.5 Å². The normalized spacial score (nSPS) is 11.4. The fourth-order valence-corrected chi connectivity index (χ4v) is 4.60. The zero-order chi connectivity index (χ0) is 30.3. The van der Waals surface area contributed by atoms with Crippen LogP contribution in [0.25, 0.3) is 0 Å². The summed E-state index contributed by atoms with van der Waals surface area (Å²) in [6.45, 7) is 3.58. The van der Waals surface area contributed by atoms with Gasteiger partial charge in [0.15, 0.2) is 6.10 Å². The lowest BCUT2D eigenvalue weighted by Crippen LogP contribution is -2.38. The third-order valence-corrected chi connectivity index (χ3v) is 6.62. The molecule has 0 bridgehead atoms. The number of carbonyl (C=O) groups is 2. The average Bonchev–Trinajstić information content (AvgIpc) is 2.96. The number of hydrogen-bond donors (Lipinski definition) is 2. The number of nitrogens with one attached hydrogen (secondary N) is 1. The number of ether oxygens (including phenoxy) is 4. The molecule has 3 aromatic carbocycles. The molecule has 0 spiro atoms. The first kappa shape index (κ1) is 32.8. The van der Waals surface area contributed by atoms with Gasteiger partial charge in [0.05, 0.1) is 25.9 Å².